The van der Waals surface area contributed by atoms with Crippen molar-refractivity contribution in [2.45, 2.75) is 78.1 Å². The van der Waals surface area contributed by atoms with Crippen molar-refractivity contribution in [1.82, 2.24) is 0 Å². The van der Waals surface area contributed by atoms with E-state index in [1.165, 1.54) is 57.8 Å². The zero-order chi connectivity index (χ0) is 26.7. The summed E-state index contributed by atoms with van der Waals surface area (Å²) in [4.78, 5) is 23.8. The Morgan fingerprint density at radius 3 is 1.70 bits per heavy atom. The second-order valence-corrected chi connectivity index (χ2v) is 9.18. The second-order valence-electron chi connectivity index (χ2n) is 9.18. The standard InChI is InChI=1S/C31H42O6/c1-4-5-6-7-8-9-10-11-12-13-22-34-28-18-20-29(21-19-28)37-31(33)26-14-16-27(17-15-26)35-23-24-36-30(32)25(2)3/h14-21H,2,4-13,22-24H2,1,3H3. The van der Waals surface area contributed by atoms with Crippen molar-refractivity contribution in [3.63, 3.8) is 0 Å². The number of benzene rings is 2. The van der Waals surface area contributed by atoms with Gasteiger partial charge in [-0.3, -0.25) is 0 Å². The van der Waals surface area contributed by atoms with Crippen LogP contribution in [0.25, 0.3) is 0 Å². The molecule has 0 saturated carbocycles. The van der Waals surface area contributed by atoms with Crippen molar-refractivity contribution in [2.24, 2.45) is 0 Å². The summed E-state index contributed by atoms with van der Waals surface area (Å²) in [6.45, 7) is 8.38. The minimum Gasteiger partial charge on any atom is -0.494 e. The summed E-state index contributed by atoms with van der Waals surface area (Å²) in [6, 6.07) is 13.7. The molecule has 0 N–H and O–H groups in total. The van der Waals surface area contributed by atoms with E-state index < -0.39 is 11.9 Å². The highest BCUT2D eigenvalue weighted by molar-refractivity contribution is 5.91. The highest BCUT2D eigenvalue weighted by Gasteiger charge is 2.09. The molecule has 0 aromatic heterocycles. The molecule has 6 heteroatoms. The van der Waals surface area contributed by atoms with Crippen LogP contribution in [0.4, 0.5) is 0 Å². The molecule has 0 heterocycles. The fourth-order valence-electron chi connectivity index (χ4n) is 3.65. The Labute approximate surface area is 222 Å². The van der Waals surface area contributed by atoms with Gasteiger partial charge in [0.05, 0.1) is 12.2 Å². The lowest BCUT2D eigenvalue weighted by molar-refractivity contribution is -0.139. The third-order valence-corrected chi connectivity index (χ3v) is 5.82. The first-order valence-electron chi connectivity index (χ1n) is 13.5. The number of ether oxygens (including phenoxy) is 4. The molecular formula is C31H42O6. The van der Waals surface area contributed by atoms with E-state index in [4.69, 9.17) is 18.9 Å². The Bertz CT molecular complexity index is 933. The molecule has 0 aliphatic heterocycles. The summed E-state index contributed by atoms with van der Waals surface area (Å²) >= 11 is 0. The molecule has 2 aromatic rings. The Morgan fingerprint density at radius 1 is 0.649 bits per heavy atom. The van der Waals surface area contributed by atoms with Gasteiger partial charge in [0.25, 0.3) is 0 Å². The van der Waals surface area contributed by atoms with Crippen LogP contribution in [0.1, 0.15) is 88.4 Å². The normalized spacial score (nSPS) is 10.5. The van der Waals surface area contributed by atoms with Crippen molar-refractivity contribution in [3.05, 3.63) is 66.2 Å². The van der Waals surface area contributed by atoms with Crippen molar-refractivity contribution in [1.29, 1.82) is 0 Å². The van der Waals surface area contributed by atoms with Gasteiger partial charge in [0.15, 0.2) is 0 Å². The number of carbonyl (C=O) groups excluding carboxylic acids is 2. The van der Waals surface area contributed by atoms with Gasteiger partial charge in [-0.2, -0.15) is 0 Å². The number of carbonyl (C=O) groups is 2. The molecule has 0 atom stereocenters. The fourth-order valence-corrected chi connectivity index (χ4v) is 3.65. The summed E-state index contributed by atoms with van der Waals surface area (Å²) < 4.78 is 21.8. The lowest BCUT2D eigenvalue weighted by Crippen LogP contribution is -2.12. The van der Waals surface area contributed by atoms with Crippen LogP contribution in [-0.2, 0) is 9.53 Å². The molecule has 0 amide bonds. The number of esters is 2. The van der Waals surface area contributed by atoms with Crippen LogP contribution in [-0.4, -0.2) is 31.8 Å². The average molecular weight is 511 g/mol. The predicted octanol–water partition coefficient (Wildman–Crippen LogP) is 7.70. The number of hydrogen-bond acceptors (Lipinski definition) is 6. The van der Waals surface area contributed by atoms with Crippen molar-refractivity contribution in [3.8, 4) is 17.2 Å². The summed E-state index contributed by atoms with van der Waals surface area (Å²) in [7, 11) is 0. The van der Waals surface area contributed by atoms with Gasteiger partial charge in [-0.15, -0.1) is 0 Å². The zero-order valence-corrected chi connectivity index (χ0v) is 22.5. The number of rotatable bonds is 19. The summed E-state index contributed by atoms with van der Waals surface area (Å²) in [6.07, 6.45) is 13.0. The maximum Gasteiger partial charge on any atom is 0.343 e. The largest absolute Gasteiger partial charge is 0.494 e. The summed E-state index contributed by atoms with van der Waals surface area (Å²) in [5.41, 5.74) is 0.747. The molecule has 0 saturated heterocycles. The van der Waals surface area contributed by atoms with Crippen LogP contribution in [0.5, 0.6) is 17.2 Å². The Balaban J connectivity index is 1.60. The lowest BCUT2D eigenvalue weighted by Gasteiger charge is -2.09. The molecule has 0 bridgehead atoms. The minimum atomic E-state index is -0.457. The summed E-state index contributed by atoms with van der Waals surface area (Å²) in [5.74, 6) is 0.880. The van der Waals surface area contributed by atoms with Gasteiger partial charge in [0.1, 0.15) is 30.5 Å². The lowest BCUT2D eigenvalue weighted by atomic mass is 10.1. The highest BCUT2D eigenvalue weighted by atomic mass is 16.6. The van der Waals surface area contributed by atoms with Gasteiger partial charge < -0.3 is 18.9 Å². The Hall–Kier alpha value is -3.28. The Morgan fingerprint density at radius 2 is 1.14 bits per heavy atom. The average Bonchev–Trinajstić information content (AvgIpc) is 2.90. The van der Waals surface area contributed by atoms with Crippen molar-refractivity contribution < 1.29 is 28.5 Å². The van der Waals surface area contributed by atoms with E-state index in [2.05, 4.69) is 13.5 Å². The van der Waals surface area contributed by atoms with Gasteiger partial charge >= 0.3 is 11.9 Å². The van der Waals surface area contributed by atoms with E-state index in [0.717, 1.165) is 12.2 Å². The molecule has 37 heavy (non-hydrogen) atoms. The Kier molecular flexibility index (Phi) is 14.6. The van der Waals surface area contributed by atoms with E-state index in [-0.39, 0.29) is 13.2 Å². The van der Waals surface area contributed by atoms with Crippen LogP contribution in [0, 0.1) is 0 Å². The van der Waals surface area contributed by atoms with Gasteiger partial charge in [-0.25, -0.2) is 9.59 Å². The van der Waals surface area contributed by atoms with Gasteiger partial charge in [0.2, 0.25) is 0 Å². The monoisotopic (exact) mass is 510 g/mol. The molecule has 2 rings (SSSR count). The minimum absolute atomic E-state index is 0.119. The van der Waals surface area contributed by atoms with Crippen LogP contribution in [0.2, 0.25) is 0 Å². The number of hydrogen-bond donors (Lipinski definition) is 0. The van der Waals surface area contributed by atoms with E-state index >= 15 is 0 Å². The third kappa shape index (κ3) is 13.0. The smallest absolute Gasteiger partial charge is 0.343 e. The van der Waals surface area contributed by atoms with Gasteiger partial charge in [-0.1, -0.05) is 71.3 Å². The SMILES string of the molecule is C=C(C)C(=O)OCCOc1ccc(C(=O)Oc2ccc(OCCCCCCCCCCCC)cc2)cc1. The zero-order valence-electron chi connectivity index (χ0n) is 22.5. The van der Waals surface area contributed by atoms with Crippen LogP contribution >= 0.6 is 0 Å². The van der Waals surface area contributed by atoms with Crippen molar-refractivity contribution in [2.75, 3.05) is 19.8 Å². The van der Waals surface area contributed by atoms with E-state index in [1.54, 1.807) is 43.3 Å². The number of unbranched alkanes of at least 4 members (excludes halogenated alkanes) is 9. The van der Waals surface area contributed by atoms with Crippen LogP contribution in [0.3, 0.4) is 0 Å². The maximum absolute atomic E-state index is 12.4. The maximum atomic E-state index is 12.4. The molecular weight excluding hydrogens is 468 g/mol. The molecule has 0 fully saturated rings. The quantitative estimate of drug-likeness (QED) is 0.0834. The molecule has 6 nitrogen and oxygen atoms in total. The summed E-state index contributed by atoms with van der Waals surface area (Å²) in [5, 5.41) is 0. The van der Waals surface area contributed by atoms with E-state index in [0.29, 0.717) is 29.2 Å². The van der Waals surface area contributed by atoms with E-state index in [9.17, 15) is 9.59 Å². The molecule has 0 radical (unpaired) electrons. The second kappa shape index (κ2) is 18.0. The molecule has 0 spiro atoms. The molecule has 0 aliphatic carbocycles. The topological polar surface area (TPSA) is 71.1 Å². The third-order valence-electron chi connectivity index (χ3n) is 5.82. The van der Waals surface area contributed by atoms with Gasteiger partial charge in [-0.05, 0) is 61.9 Å². The molecule has 0 unspecified atom stereocenters. The molecule has 2 aromatic carbocycles. The van der Waals surface area contributed by atoms with Crippen molar-refractivity contribution >= 4 is 11.9 Å². The first-order valence-corrected chi connectivity index (χ1v) is 13.5. The first kappa shape index (κ1) is 29.9. The fraction of sp³-hybridized carbons (Fsp3) is 0.484. The van der Waals surface area contributed by atoms with Crippen LogP contribution < -0.4 is 14.2 Å². The highest BCUT2D eigenvalue weighted by Crippen LogP contribution is 2.20. The first-order chi connectivity index (χ1) is 18.0. The van der Waals surface area contributed by atoms with Crippen LogP contribution in [0.15, 0.2) is 60.7 Å². The van der Waals surface area contributed by atoms with E-state index in [1.807, 2.05) is 12.1 Å². The molecule has 202 valence electrons. The molecule has 0 aliphatic rings. The predicted molar refractivity (Wildman–Crippen MR) is 146 cm³/mol. The van der Waals surface area contributed by atoms with Gasteiger partial charge in [0, 0.05) is 5.57 Å².